The monoisotopic (exact) mass is 326 g/mol. The maximum Gasteiger partial charge on any atom is 0.142 e. The zero-order valence-electron chi connectivity index (χ0n) is 10.3. The van der Waals surface area contributed by atoms with E-state index in [9.17, 15) is 0 Å². The quantitative estimate of drug-likeness (QED) is 0.911. The summed E-state index contributed by atoms with van der Waals surface area (Å²) in [4.78, 5) is 4.10. The molecule has 0 aliphatic rings. The Labute approximate surface area is 119 Å². The zero-order chi connectivity index (χ0) is 13.0. The van der Waals surface area contributed by atoms with Crippen molar-refractivity contribution in [2.24, 2.45) is 0 Å². The molecule has 2 aromatic rings. The normalized spacial score (nSPS) is 12.4. The number of nitrogens with zero attached hydrogens (tertiary/aromatic N) is 1. The molecule has 0 amide bonds. The number of hydrogen-bond acceptors (Lipinski definition) is 4. The van der Waals surface area contributed by atoms with Crippen LogP contribution in [0.25, 0.3) is 0 Å². The number of ether oxygens (including phenoxy) is 1. The predicted octanol–water partition coefficient (Wildman–Crippen LogP) is 3.61. The van der Waals surface area contributed by atoms with Gasteiger partial charge in [0.2, 0.25) is 0 Å². The van der Waals surface area contributed by atoms with Crippen LogP contribution < -0.4 is 10.1 Å². The van der Waals surface area contributed by atoms with Gasteiger partial charge >= 0.3 is 0 Å². The lowest BCUT2D eigenvalue weighted by molar-refractivity contribution is 0.402. The molecule has 0 aliphatic heterocycles. The zero-order valence-corrected chi connectivity index (χ0v) is 12.7. The van der Waals surface area contributed by atoms with Crippen LogP contribution in [0.4, 0.5) is 0 Å². The summed E-state index contributed by atoms with van der Waals surface area (Å²) in [5.74, 6) is 0.807. The highest BCUT2D eigenvalue weighted by Crippen LogP contribution is 2.35. The van der Waals surface area contributed by atoms with Gasteiger partial charge in [-0.05, 0) is 39.5 Å². The number of hydrogen-bond donors (Lipinski definition) is 1. The first-order chi connectivity index (χ1) is 8.77. The van der Waals surface area contributed by atoms with Crippen LogP contribution in [0, 0.1) is 0 Å². The van der Waals surface area contributed by atoms with Gasteiger partial charge in [-0.15, -0.1) is 0 Å². The number of methoxy groups -OCH3 is 1. The van der Waals surface area contributed by atoms with E-state index < -0.39 is 0 Å². The molecule has 0 radical (unpaired) electrons. The fraction of sp³-hybridized carbons (Fsp3) is 0.308. The van der Waals surface area contributed by atoms with E-state index in [1.54, 1.807) is 30.8 Å². The summed E-state index contributed by atoms with van der Waals surface area (Å²) < 4.78 is 6.52. The summed E-state index contributed by atoms with van der Waals surface area (Å²) in [5.41, 5.74) is 2.33. The number of nitrogens with one attached hydrogen (secondary N) is 1. The Balaban J connectivity index is 2.45. The molecule has 18 heavy (non-hydrogen) atoms. The standard InChI is InChI=1S/C13H15BrN2OS/c1-3-16-13(10-7-18-8-11(10)14)9-4-5-15-6-12(9)17-2/h4-8,13,16H,3H2,1-2H3. The third-order valence-electron chi connectivity index (χ3n) is 2.71. The first kappa shape index (κ1) is 13.5. The lowest BCUT2D eigenvalue weighted by Gasteiger charge is -2.20. The molecule has 2 rings (SSSR count). The third kappa shape index (κ3) is 2.74. The van der Waals surface area contributed by atoms with Crippen molar-refractivity contribution in [2.75, 3.05) is 13.7 Å². The van der Waals surface area contributed by atoms with Gasteiger partial charge in [-0.3, -0.25) is 4.98 Å². The third-order valence-corrected chi connectivity index (χ3v) is 4.46. The minimum Gasteiger partial charge on any atom is -0.495 e. The van der Waals surface area contributed by atoms with Crippen molar-refractivity contribution in [1.82, 2.24) is 10.3 Å². The van der Waals surface area contributed by atoms with E-state index in [0.29, 0.717) is 0 Å². The first-order valence-corrected chi connectivity index (χ1v) is 7.44. The topological polar surface area (TPSA) is 34.2 Å². The maximum absolute atomic E-state index is 5.40. The molecule has 96 valence electrons. The molecule has 0 aliphatic carbocycles. The van der Waals surface area contributed by atoms with Crippen molar-refractivity contribution < 1.29 is 4.74 Å². The van der Waals surface area contributed by atoms with Gasteiger partial charge in [-0.2, -0.15) is 11.3 Å². The molecule has 2 heterocycles. The van der Waals surface area contributed by atoms with Gasteiger partial charge < -0.3 is 10.1 Å². The minimum atomic E-state index is 0.119. The molecular weight excluding hydrogens is 312 g/mol. The number of aromatic nitrogens is 1. The van der Waals surface area contributed by atoms with Gasteiger partial charge in [-0.1, -0.05) is 6.92 Å². The highest BCUT2D eigenvalue weighted by molar-refractivity contribution is 9.10. The molecule has 1 N–H and O–H groups in total. The van der Waals surface area contributed by atoms with Crippen LogP contribution in [0.5, 0.6) is 5.75 Å². The molecule has 0 fully saturated rings. The van der Waals surface area contributed by atoms with Crippen molar-refractivity contribution in [3.63, 3.8) is 0 Å². The van der Waals surface area contributed by atoms with Gasteiger partial charge in [0.1, 0.15) is 5.75 Å². The number of rotatable bonds is 5. The largest absolute Gasteiger partial charge is 0.495 e. The van der Waals surface area contributed by atoms with Crippen molar-refractivity contribution in [3.8, 4) is 5.75 Å². The second-order valence-electron chi connectivity index (χ2n) is 3.78. The van der Waals surface area contributed by atoms with Crippen LogP contribution in [0.2, 0.25) is 0 Å². The second kappa shape index (κ2) is 6.31. The fourth-order valence-corrected chi connectivity index (χ4v) is 3.44. The molecule has 0 saturated carbocycles. The van der Waals surface area contributed by atoms with E-state index in [0.717, 1.165) is 22.3 Å². The van der Waals surface area contributed by atoms with Crippen LogP contribution in [-0.4, -0.2) is 18.6 Å². The van der Waals surface area contributed by atoms with E-state index in [4.69, 9.17) is 4.74 Å². The van der Waals surface area contributed by atoms with E-state index in [1.807, 2.05) is 6.07 Å². The average molecular weight is 327 g/mol. The summed E-state index contributed by atoms with van der Waals surface area (Å²) >= 11 is 5.28. The van der Waals surface area contributed by atoms with Crippen molar-refractivity contribution in [2.45, 2.75) is 13.0 Å². The SMILES string of the molecule is CCNC(c1cscc1Br)c1ccncc1OC. The van der Waals surface area contributed by atoms with Gasteiger partial charge in [-0.25, -0.2) is 0 Å². The van der Waals surface area contributed by atoms with Crippen molar-refractivity contribution in [1.29, 1.82) is 0 Å². The van der Waals surface area contributed by atoms with Gasteiger partial charge in [0.05, 0.1) is 19.3 Å². The smallest absolute Gasteiger partial charge is 0.142 e. The summed E-state index contributed by atoms with van der Waals surface area (Å²) in [6.45, 7) is 2.99. The Bertz CT molecular complexity index is 515. The Morgan fingerprint density at radius 1 is 1.44 bits per heavy atom. The molecule has 1 unspecified atom stereocenters. The van der Waals surface area contributed by atoms with Crippen LogP contribution in [0.1, 0.15) is 24.1 Å². The van der Waals surface area contributed by atoms with Crippen LogP contribution >= 0.6 is 27.3 Å². The molecule has 3 nitrogen and oxygen atoms in total. The fourth-order valence-electron chi connectivity index (χ4n) is 1.89. The molecule has 5 heteroatoms. The van der Waals surface area contributed by atoms with Crippen LogP contribution in [0.3, 0.4) is 0 Å². The van der Waals surface area contributed by atoms with E-state index >= 15 is 0 Å². The van der Waals surface area contributed by atoms with Crippen molar-refractivity contribution >= 4 is 27.3 Å². The molecule has 2 aromatic heterocycles. The summed E-state index contributed by atoms with van der Waals surface area (Å²) in [7, 11) is 1.67. The number of thiophene rings is 1. The lowest BCUT2D eigenvalue weighted by atomic mass is 10.0. The van der Waals surface area contributed by atoms with Crippen molar-refractivity contribution in [3.05, 3.63) is 44.8 Å². The molecule has 1 atom stereocenters. The predicted molar refractivity (Wildman–Crippen MR) is 78.3 cm³/mol. The Morgan fingerprint density at radius 3 is 2.89 bits per heavy atom. The first-order valence-electron chi connectivity index (χ1n) is 5.70. The van der Waals surface area contributed by atoms with Gasteiger partial charge in [0, 0.05) is 21.6 Å². The molecular formula is C13H15BrN2OS. The average Bonchev–Trinajstić information content (AvgIpc) is 2.82. The van der Waals surface area contributed by atoms with Crippen LogP contribution in [-0.2, 0) is 0 Å². The molecule has 0 spiro atoms. The van der Waals surface area contributed by atoms with E-state index in [-0.39, 0.29) is 6.04 Å². The van der Waals surface area contributed by atoms with Crippen LogP contribution in [0.15, 0.2) is 33.7 Å². The lowest BCUT2D eigenvalue weighted by Crippen LogP contribution is -2.22. The Kier molecular flexibility index (Phi) is 4.74. The molecule has 0 bridgehead atoms. The summed E-state index contributed by atoms with van der Waals surface area (Å²) in [6, 6.07) is 2.12. The Hall–Kier alpha value is -0.910. The minimum absolute atomic E-state index is 0.119. The highest BCUT2D eigenvalue weighted by Gasteiger charge is 2.20. The summed E-state index contributed by atoms with van der Waals surface area (Å²) in [5, 5.41) is 7.73. The maximum atomic E-state index is 5.40. The Morgan fingerprint density at radius 2 is 2.28 bits per heavy atom. The highest BCUT2D eigenvalue weighted by atomic mass is 79.9. The van der Waals surface area contributed by atoms with E-state index in [2.05, 4.69) is 43.9 Å². The van der Waals surface area contributed by atoms with E-state index in [1.165, 1.54) is 5.56 Å². The molecule has 0 saturated heterocycles. The summed E-state index contributed by atoms with van der Waals surface area (Å²) in [6.07, 6.45) is 3.54. The van der Waals surface area contributed by atoms with Gasteiger partial charge in [0.25, 0.3) is 0 Å². The molecule has 0 aromatic carbocycles. The number of pyridine rings is 1. The second-order valence-corrected chi connectivity index (χ2v) is 5.38. The van der Waals surface area contributed by atoms with Gasteiger partial charge in [0.15, 0.2) is 0 Å². The number of halogens is 1.